The van der Waals surface area contributed by atoms with Crippen molar-refractivity contribution in [1.82, 2.24) is 4.98 Å². The third kappa shape index (κ3) is 4.81. The number of hydrogen-bond acceptors (Lipinski definition) is 4. The number of ketones is 2. The highest BCUT2D eigenvalue weighted by atomic mass is 16.1. The number of aliphatic imine (C=N–C) groups is 1. The molecule has 3 aromatic rings. The monoisotopic (exact) mass is 406 g/mol. The van der Waals surface area contributed by atoms with Crippen LogP contribution in [0.25, 0.3) is 6.08 Å². The van der Waals surface area contributed by atoms with E-state index < -0.39 is 0 Å². The van der Waals surface area contributed by atoms with E-state index in [2.05, 4.69) is 9.98 Å². The molecule has 2 aromatic carbocycles. The lowest BCUT2D eigenvalue weighted by Gasteiger charge is -2.07. The molecule has 0 fully saturated rings. The van der Waals surface area contributed by atoms with Crippen LogP contribution in [0.4, 0.5) is 0 Å². The minimum absolute atomic E-state index is 0.0214. The van der Waals surface area contributed by atoms with Crippen molar-refractivity contribution in [1.29, 1.82) is 0 Å². The second-order valence-electron chi connectivity index (χ2n) is 7.33. The molecule has 0 saturated carbocycles. The number of hydrogen-bond donors (Lipinski definition) is 0. The summed E-state index contributed by atoms with van der Waals surface area (Å²) in [5.74, 6) is -0.0336. The molecule has 152 valence electrons. The first kappa shape index (κ1) is 20.4. The molecule has 1 aliphatic rings. The fourth-order valence-corrected chi connectivity index (χ4v) is 3.59. The third-order valence-corrected chi connectivity index (χ3v) is 5.08. The molecule has 2 heterocycles. The average molecular weight is 406 g/mol. The van der Waals surface area contributed by atoms with Gasteiger partial charge >= 0.3 is 0 Å². The van der Waals surface area contributed by atoms with Gasteiger partial charge in [0.25, 0.3) is 0 Å². The molecule has 4 nitrogen and oxygen atoms in total. The van der Waals surface area contributed by atoms with Gasteiger partial charge in [0.05, 0.1) is 18.0 Å². The van der Waals surface area contributed by atoms with Gasteiger partial charge in [-0.1, -0.05) is 42.5 Å². The summed E-state index contributed by atoms with van der Waals surface area (Å²) in [7, 11) is 0. The van der Waals surface area contributed by atoms with E-state index in [-0.39, 0.29) is 18.0 Å². The topological polar surface area (TPSA) is 59.4 Å². The van der Waals surface area contributed by atoms with E-state index in [1.165, 1.54) is 0 Å². The second-order valence-corrected chi connectivity index (χ2v) is 7.33. The van der Waals surface area contributed by atoms with E-state index in [0.717, 1.165) is 28.1 Å². The number of benzene rings is 2. The van der Waals surface area contributed by atoms with Gasteiger partial charge in [-0.3, -0.25) is 19.6 Å². The highest BCUT2D eigenvalue weighted by Crippen LogP contribution is 2.23. The maximum atomic E-state index is 13.0. The predicted octanol–water partition coefficient (Wildman–Crippen LogP) is 5.02. The van der Waals surface area contributed by atoms with Gasteiger partial charge in [0, 0.05) is 29.3 Å². The Hall–Kier alpha value is -3.92. The van der Waals surface area contributed by atoms with E-state index in [9.17, 15) is 9.59 Å². The first-order valence-electron chi connectivity index (χ1n) is 10.2. The zero-order valence-electron chi connectivity index (χ0n) is 17.3. The molecule has 0 atom stereocenters. The fraction of sp³-hybridized carbons (Fsp3) is 0.111. The standard InChI is InChI=1S/C27H22N2O2/c1-2-6-24(30)16-19-7-5-8-20(15-19)27(31)21-10-12-25-22(17-21)18-29-26(25)13-11-23-9-3-4-14-28-23/h2-15,17H,16,18H2,1H3/b6-2+,13-11+. The molecule has 0 saturated heterocycles. The van der Waals surface area contributed by atoms with Gasteiger partial charge in [0.2, 0.25) is 0 Å². The van der Waals surface area contributed by atoms with E-state index in [0.29, 0.717) is 17.7 Å². The fourth-order valence-electron chi connectivity index (χ4n) is 3.59. The van der Waals surface area contributed by atoms with Gasteiger partial charge in [-0.15, -0.1) is 0 Å². The summed E-state index contributed by atoms with van der Waals surface area (Å²) in [6.07, 6.45) is 9.22. The van der Waals surface area contributed by atoms with Crippen LogP contribution in [0.2, 0.25) is 0 Å². The first-order valence-corrected chi connectivity index (χ1v) is 10.2. The van der Waals surface area contributed by atoms with Gasteiger partial charge in [0.1, 0.15) is 0 Å². The normalized spacial score (nSPS) is 12.9. The number of rotatable bonds is 7. The van der Waals surface area contributed by atoms with Crippen molar-refractivity contribution in [3.63, 3.8) is 0 Å². The molecule has 0 aliphatic carbocycles. The van der Waals surface area contributed by atoms with Crippen LogP contribution in [0.15, 0.2) is 90.1 Å². The van der Waals surface area contributed by atoms with Crippen LogP contribution < -0.4 is 0 Å². The van der Waals surface area contributed by atoms with E-state index >= 15 is 0 Å². The smallest absolute Gasteiger partial charge is 0.193 e. The van der Waals surface area contributed by atoms with Crippen molar-refractivity contribution in [2.45, 2.75) is 19.9 Å². The van der Waals surface area contributed by atoms with Crippen LogP contribution in [0.1, 0.15) is 45.2 Å². The summed E-state index contributed by atoms with van der Waals surface area (Å²) in [5.41, 5.74) is 5.88. The number of fused-ring (bicyclic) bond motifs is 1. The Kier molecular flexibility index (Phi) is 6.08. The number of allylic oxidation sites excluding steroid dienone is 3. The molecular weight excluding hydrogens is 384 g/mol. The number of aromatic nitrogens is 1. The van der Waals surface area contributed by atoms with Crippen LogP contribution in [-0.4, -0.2) is 22.3 Å². The molecule has 0 amide bonds. The molecule has 0 spiro atoms. The molecule has 0 radical (unpaired) electrons. The molecule has 4 rings (SSSR count). The summed E-state index contributed by atoms with van der Waals surface area (Å²) in [4.78, 5) is 33.8. The summed E-state index contributed by atoms with van der Waals surface area (Å²) >= 11 is 0. The van der Waals surface area contributed by atoms with Gasteiger partial charge in [-0.25, -0.2) is 0 Å². The molecule has 1 aliphatic heterocycles. The van der Waals surface area contributed by atoms with Crippen LogP contribution >= 0.6 is 0 Å². The minimum Gasteiger partial charge on any atom is -0.294 e. The van der Waals surface area contributed by atoms with Crippen molar-refractivity contribution in [3.05, 3.63) is 119 Å². The van der Waals surface area contributed by atoms with Crippen molar-refractivity contribution < 1.29 is 9.59 Å². The summed E-state index contributed by atoms with van der Waals surface area (Å²) < 4.78 is 0. The maximum Gasteiger partial charge on any atom is 0.193 e. The third-order valence-electron chi connectivity index (χ3n) is 5.08. The SMILES string of the molecule is C/C=C/C(=O)Cc1cccc(C(=O)c2ccc3c(c2)CN=C3/C=C/c2ccccn2)c1. The maximum absolute atomic E-state index is 13.0. The Morgan fingerprint density at radius 1 is 0.968 bits per heavy atom. The van der Waals surface area contributed by atoms with Crippen molar-refractivity contribution in [2.24, 2.45) is 4.99 Å². The average Bonchev–Trinajstić information content (AvgIpc) is 3.20. The number of carbonyl (C=O) groups excluding carboxylic acids is 2. The van der Waals surface area contributed by atoms with Crippen molar-refractivity contribution >= 4 is 23.4 Å². The van der Waals surface area contributed by atoms with E-state index in [4.69, 9.17) is 0 Å². The quantitative estimate of drug-likeness (QED) is 0.409. The largest absolute Gasteiger partial charge is 0.294 e. The molecule has 0 N–H and O–H groups in total. The number of nitrogens with zero attached hydrogens (tertiary/aromatic N) is 2. The van der Waals surface area contributed by atoms with Crippen molar-refractivity contribution in [2.75, 3.05) is 0 Å². The van der Waals surface area contributed by atoms with Gasteiger partial charge < -0.3 is 0 Å². The van der Waals surface area contributed by atoms with Crippen molar-refractivity contribution in [3.8, 4) is 0 Å². The lowest BCUT2D eigenvalue weighted by atomic mass is 9.96. The van der Waals surface area contributed by atoms with Crippen LogP contribution in [0.5, 0.6) is 0 Å². The van der Waals surface area contributed by atoms with E-state index in [1.54, 1.807) is 30.5 Å². The predicted molar refractivity (Wildman–Crippen MR) is 123 cm³/mol. The Morgan fingerprint density at radius 3 is 2.65 bits per heavy atom. The second kappa shape index (κ2) is 9.26. The van der Waals surface area contributed by atoms with Gasteiger partial charge in [0.15, 0.2) is 11.6 Å². The molecule has 0 bridgehead atoms. The Balaban J connectivity index is 1.52. The van der Waals surface area contributed by atoms with Gasteiger partial charge in [-0.05, 0) is 60.5 Å². The molecule has 4 heteroatoms. The summed E-state index contributed by atoms with van der Waals surface area (Å²) in [6, 6.07) is 18.8. The van der Waals surface area contributed by atoms with Crippen LogP contribution in [-0.2, 0) is 17.8 Å². The highest BCUT2D eigenvalue weighted by Gasteiger charge is 2.17. The summed E-state index contributed by atoms with van der Waals surface area (Å²) in [6.45, 7) is 2.37. The van der Waals surface area contributed by atoms with Crippen LogP contribution in [0.3, 0.4) is 0 Å². The Bertz CT molecular complexity index is 1220. The minimum atomic E-state index is -0.0550. The molecule has 1 aromatic heterocycles. The highest BCUT2D eigenvalue weighted by molar-refractivity contribution is 6.14. The number of pyridine rings is 1. The van der Waals surface area contributed by atoms with Crippen LogP contribution in [0, 0.1) is 0 Å². The first-order chi connectivity index (χ1) is 15.1. The Morgan fingerprint density at radius 2 is 1.84 bits per heavy atom. The number of carbonyl (C=O) groups is 2. The molecular formula is C27H22N2O2. The Labute approximate surface area is 181 Å². The molecule has 0 unspecified atom stereocenters. The zero-order valence-corrected chi connectivity index (χ0v) is 17.3. The van der Waals surface area contributed by atoms with Gasteiger partial charge in [-0.2, -0.15) is 0 Å². The lowest BCUT2D eigenvalue weighted by Crippen LogP contribution is -2.05. The lowest BCUT2D eigenvalue weighted by molar-refractivity contribution is -0.114. The summed E-state index contributed by atoms with van der Waals surface area (Å²) in [5, 5.41) is 0. The zero-order chi connectivity index (χ0) is 21.6. The van der Waals surface area contributed by atoms with E-state index in [1.807, 2.05) is 67.6 Å². The molecule has 31 heavy (non-hydrogen) atoms.